The van der Waals surface area contributed by atoms with E-state index in [1.807, 2.05) is 42.5 Å². The zero-order chi connectivity index (χ0) is 16.6. The highest BCUT2D eigenvalue weighted by molar-refractivity contribution is 6.02. The molecule has 0 aliphatic heterocycles. The average Bonchev–Trinajstić information content (AvgIpc) is 2.51. The molecule has 0 heterocycles. The summed E-state index contributed by atoms with van der Waals surface area (Å²) < 4.78 is 0. The minimum absolute atomic E-state index is 0.0291. The Hall–Kier alpha value is -2.16. The molecule has 1 N–H and O–H groups in total. The number of rotatable bonds is 4. The van der Waals surface area contributed by atoms with Crippen LogP contribution in [0.4, 0.5) is 5.69 Å². The maximum Gasteiger partial charge on any atom is 0.224 e. The molecule has 2 aromatic carbocycles. The van der Waals surface area contributed by atoms with E-state index in [0.717, 1.165) is 22.9 Å². The number of carbonyl (C=O) groups excluding carboxylic acids is 2. The van der Waals surface area contributed by atoms with Crippen molar-refractivity contribution in [2.24, 2.45) is 17.3 Å². The minimum Gasteiger partial charge on any atom is -0.326 e. The standard InChI is InChI=1S/C20H23NO2/c1-13(22)17-11-15(20(17,2)3)12-19(23)21-18-10-6-8-14-7-4-5-9-16(14)18/h4-10,15,17H,11-12H2,1-3H3,(H,21,23)/t15-,17-/m1/s1. The van der Waals surface area contributed by atoms with Crippen molar-refractivity contribution in [1.82, 2.24) is 0 Å². The van der Waals surface area contributed by atoms with Crippen LogP contribution < -0.4 is 5.32 Å². The lowest BCUT2D eigenvalue weighted by atomic mass is 9.52. The van der Waals surface area contributed by atoms with Gasteiger partial charge in [0, 0.05) is 23.4 Å². The summed E-state index contributed by atoms with van der Waals surface area (Å²) in [6.07, 6.45) is 1.30. The summed E-state index contributed by atoms with van der Waals surface area (Å²) in [4.78, 5) is 24.0. The van der Waals surface area contributed by atoms with Crippen LogP contribution in [0.3, 0.4) is 0 Å². The Morgan fingerprint density at radius 1 is 1.13 bits per heavy atom. The summed E-state index contributed by atoms with van der Waals surface area (Å²) in [7, 11) is 0. The van der Waals surface area contributed by atoms with Crippen LogP contribution in [0.25, 0.3) is 10.8 Å². The fraction of sp³-hybridized carbons (Fsp3) is 0.400. The molecule has 1 saturated carbocycles. The number of ketones is 1. The predicted octanol–water partition coefficient (Wildman–Crippen LogP) is 4.42. The van der Waals surface area contributed by atoms with E-state index in [4.69, 9.17) is 0 Å². The van der Waals surface area contributed by atoms with Crippen LogP contribution in [0.15, 0.2) is 42.5 Å². The van der Waals surface area contributed by atoms with Crippen LogP contribution >= 0.6 is 0 Å². The van der Waals surface area contributed by atoms with Crippen molar-refractivity contribution in [1.29, 1.82) is 0 Å². The molecule has 1 amide bonds. The molecule has 0 radical (unpaired) electrons. The van der Waals surface area contributed by atoms with Crippen LogP contribution in [-0.4, -0.2) is 11.7 Å². The normalized spacial score (nSPS) is 22.4. The Morgan fingerprint density at radius 2 is 1.83 bits per heavy atom. The van der Waals surface area contributed by atoms with Crippen LogP contribution in [0, 0.1) is 17.3 Å². The Morgan fingerprint density at radius 3 is 2.52 bits per heavy atom. The lowest BCUT2D eigenvalue weighted by Crippen LogP contribution is -2.49. The zero-order valence-electron chi connectivity index (χ0n) is 13.9. The number of hydrogen-bond donors (Lipinski definition) is 1. The molecular weight excluding hydrogens is 286 g/mol. The van der Waals surface area contributed by atoms with Crippen LogP contribution in [0.2, 0.25) is 0 Å². The molecule has 3 heteroatoms. The summed E-state index contributed by atoms with van der Waals surface area (Å²) in [5, 5.41) is 5.21. The van der Waals surface area contributed by atoms with Gasteiger partial charge in [0.15, 0.2) is 0 Å². The van der Waals surface area contributed by atoms with Gasteiger partial charge in [-0.25, -0.2) is 0 Å². The Balaban J connectivity index is 1.70. The first-order valence-corrected chi connectivity index (χ1v) is 8.17. The van der Waals surface area contributed by atoms with Gasteiger partial charge >= 0.3 is 0 Å². The average molecular weight is 309 g/mol. The predicted molar refractivity (Wildman–Crippen MR) is 93.3 cm³/mol. The molecule has 120 valence electrons. The van der Waals surface area contributed by atoms with E-state index in [9.17, 15) is 9.59 Å². The maximum absolute atomic E-state index is 12.4. The van der Waals surface area contributed by atoms with Crippen molar-refractivity contribution in [3.8, 4) is 0 Å². The van der Waals surface area contributed by atoms with Gasteiger partial charge in [-0.3, -0.25) is 9.59 Å². The lowest BCUT2D eigenvalue weighted by Gasteiger charge is -2.51. The lowest BCUT2D eigenvalue weighted by molar-refractivity contribution is -0.139. The van der Waals surface area contributed by atoms with Crippen molar-refractivity contribution >= 4 is 28.2 Å². The first kappa shape index (κ1) is 15.7. The van der Waals surface area contributed by atoms with Gasteiger partial charge in [-0.15, -0.1) is 0 Å². The highest BCUT2D eigenvalue weighted by Gasteiger charge is 2.50. The second-order valence-corrected chi connectivity index (χ2v) is 7.20. The van der Waals surface area contributed by atoms with E-state index in [0.29, 0.717) is 6.42 Å². The van der Waals surface area contributed by atoms with Gasteiger partial charge in [0.2, 0.25) is 5.91 Å². The van der Waals surface area contributed by atoms with Gasteiger partial charge in [-0.1, -0.05) is 50.2 Å². The first-order chi connectivity index (χ1) is 10.9. The number of nitrogens with one attached hydrogen (secondary N) is 1. The van der Waals surface area contributed by atoms with Gasteiger partial charge in [0.25, 0.3) is 0 Å². The number of hydrogen-bond acceptors (Lipinski definition) is 2. The fourth-order valence-electron chi connectivity index (χ4n) is 3.81. The van der Waals surface area contributed by atoms with Crippen molar-refractivity contribution in [3.63, 3.8) is 0 Å². The first-order valence-electron chi connectivity index (χ1n) is 8.17. The maximum atomic E-state index is 12.4. The minimum atomic E-state index is -0.0814. The Labute approximate surface area is 137 Å². The van der Waals surface area contributed by atoms with Gasteiger partial charge in [0.05, 0.1) is 0 Å². The molecule has 0 bridgehead atoms. The Kier molecular flexibility index (Phi) is 3.97. The number of carbonyl (C=O) groups is 2. The molecule has 0 spiro atoms. The number of Topliss-reactive ketones (excluding diaryl/α,β-unsaturated/α-hetero) is 1. The number of anilines is 1. The number of amides is 1. The second-order valence-electron chi connectivity index (χ2n) is 7.20. The van der Waals surface area contributed by atoms with Crippen molar-refractivity contribution in [2.45, 2.75) is 33.6 Å². The summed E-state index contributed by atoms with van der Waals surface area (Å²) in [5.41, 5.74) is 0.774. The zero-order valence-corrected chi connectivity index (χ0v) is 13.9. The molecule has 1 aliphatic carbocycles. The van der Waals surface area contributed by atoms with Gasteiger partial charge in [-0.2, -0.15) is 0 Å². The number of benzene rings is 2. The van der Waals surface area contributed by atoms with Gasteiger partial charge in [-0.05, 0) is 36.1 Å². The van der Waals surface area contributed by atoms with E-state index >= 15 is 0 Å². The monoisotopic (exact) mass is 309 g/mol. The fourth-order valence-corrected chi connectivity index (χ4v) is 3.81. The molecule has 1 fully saturated rings. The topological polar surface area (TPSA) is 46.2 Å². The molecule has 3 nitrogen and oxygen atoms in total. The smallest absolute Gasteiger partial charge is 0.224 e. The van der Waals surface area contributed by atoms with E-state index in [-0.39, 0.29) is 28.9 Å². The third kappa shape index (κ3) is 2.88. The highest BCUT2D eigenvalue weighted by Crippen LogP contribution is 2.53. The van der Waals surface area contributed by atoms with E-state index in [1.165, 1.54) is 0 Å². The molecular formula is C20H23NO2. The van der Waals surface area contributed by atoms with Gasteiger partial charge in [0.1, 0.15) is 5.78 Å². The summed E-state index contributed by atoms with van der Waals surface area (Å²) in [5.74, 6) is 0.631. The van der Waals surface area contributed by atoms with Crippen molar-refractivity contribution in [3.05, 3.63) is 42.5 Å². The van der Waals surface area contributed by atoms with E-state index in [2.05, 4.69) is 19.2 Å². The largest absolute Gasteiger partial charge is 0.326 e. The molecule has 3 rings (SSSR count). The summed E-state index contributed by atoms with van der Waals surface area (Å²) in [6.45, 7) is 5.84. The van der Waals surface area contributed by atoms with Crippen LogP contribution in [-0.2, 0) is 9.59 Å². The van der Waals surface area contributed by atoms with Gasteiger partial charge < -0.3 is 5.32 Å². The molecule has 0 unspecified atom stereocenters. The molecule has 0 saturated heterocycles. The van der Waals surface area contributed by atoms with E-state index < -0.39 is 0 Å². The van der Waals surface area contributed by atoms with Crippen LogP contribution in [0.1, 0.15) is 33.6 Å². The molecule has 0 aromatic heterocycles. The molecule has 2 aromatic rings. The SMILES string of the molecule is CC(=O)[C@H]1C[C@H](CC(=O)Nc2cccc3ccccc23)C1(C)C. The van der Waals surface area contributed by atoms with Crippen LogP contribution in [0.5, 0.6) is 0 Å². The van der Waals surface area contributed by atoms with Crippen molar-refractivity contribution in [2.75, 3.05) is 5.32 Å². The summed E-state index contributed by atoms with van der Waals surface area (Å²) in [6, 6.07) is 14.0. The van der Waals surface area contributed by atoms with E-state index in [1.54, 1.807) is 6.92 Å². The summed E-state index contributed by atoms with van der Waals surface area (Å²) >= 11 is 0. The Bertz CT molecular complexity index is 758. The third-order valence-electron chi connectivity index (χ3n) is 5.46. The van der Waals surface area contributed by atoms with Crippen molar-refractivity contribution < 1.29 is 9.59 Å². The number of fused-ring (bicyclic) bond motifs is 1. The molecule has 2 atom stereocenters. The second kappa shape index (κ2) is 5.80. The molecule has 1 aliphatic rings. The quantitative estimate of drug-likeness (QED) is 0.908. The third-order valence-corrected chi connectivity index (χ3v) is 5.46. The molecule has 23 heavy (non-hydrogen) atoms. The highest BCUT2D eigenvalue weighted by atomic mass is 16.1.